The minimum Gasteiger partial charge on any atom is -0.486 e. The Balaban J connectivity index is 1.34. The molecule has 0 radical (unpaired) electrons. The molecule has 2 aromatic heterocycles. The van der Waals surface area contributed by atoms with Gasteiger partial charge >= 0.3 is 0 Å². The van der Waals surface area contributed by atoms with Crippen LogP contribution in [-0.2, 0) is 21.4 Å². The molecule has 3 aromatic rings. The van der Waals surface area contributed by atoms with Gasteiger partial charge in [0.25, 0.3) is 0 Å². The van der Waals surface area contributed by atoms with Gasteiger partial charge in [0.15, 0.2) is 11.5 Å². The number of aromatic nitrogens is 2. The van der Waals surface area contributed by atoms with Crippen LogP contribution in [0, 0.1) is 0 Å². The van der Waals surface area contributed by atoms with Crippen molar-refractivity contribution < 1.29 is 27.2 Å². The summed E-state index contributed by atoms with van der Waals surface area (Å²) in [5, 5.41) is 5.86. The number of thiophene rings is 1. The molecule has 0 atom stereocenters. The van der Waals surface area contributed by atoms with E-state index in [0.717, 1.165) is 11.1 Å². The zero-order valence-corrected chi connectivity index (χ0v) is 19.9. The quantitative estimate of drug-likeness (QED) is 0.448. The van der Waals surface area contributed by atoms with Crippen molar-refractivity contribution in [3.8, 4) is 22.2 Å². The van der Waals surface area contributed by atoms with Crippen LogP contribution in [0.4, 0.5) is 5.69 Å². The van der Waals surface area contributed by atoms with E-state index in [9.17, 15) is 13.2 Å². The van der Waals surface area contributed by atoms with Crippen LogP contribution >= 0.6 is 11.3 Å². The van der Waals surface area contributed by atoms with E-state index < -0.39 is 10.0 Å². The predicted octanol–water partition coefficient (Wildman–Crippen LogP) is 2.77. The maximum absolute atomic E-state index is 12.6. The van der Waals surface area contributed by atoms with Crippen LogP contribution in [0.25, 0.3) is 10.7 Å². The van der Waals surface area contributed by atoms with Gasteiger partial charge < -0.3 is 18.9 Å². The van der Waals surface area contributed by atoms with E-state index in [2.05, 4.69) is 10.1 Å². The summed E-state index contributed by atoms with van der Waals surface area (Å²) in [6, 6.07) is 8.79. The molecule has 1 amide bonds. The molecule has 0 saturated heterocycles. The highest BCUT2D eigenvalue weighted by atomic mass is 32.2. The highest BCUT2D eigenvalue weighted by molar-refractivity contribution is 7.92. The molecule has 0 fully saturated rings. The van der Waals surface area contributed by atoms with Crippen LogP contribution in [-0.4, -0.2) is 62.4 Å². The van der Waals surface area contributed by atoms with Crippen LogP contribution in [0.5, 0.6) is 11.5 Å². The van der Waals surface area contributed by atoms with E-state index in [1.807, 2.05) is 17.5 Å². The van der Waals surface area contributed by atoms with Crippen LogP contribution < -0.4 is 13.8 Å². The molecule has 10 nitrogen and oxygen atoms in total. The molecular formula is C21H24N4O6S2. The van der Waals surface area contributed by atoms with E-state index in [1.165, 1.54) is 20.5 Å². The number of nitrogens with zero attached hydrogens (tertiary/aromatic N) is 4. The lowest BCUT2D eigenvalue weighted by atomic mass is 10.2. The van der Waals surface area contributed by atoms with Crippen molar-refractivity contribution in [2.75, 3.05) is 37.4 Å². The Kier molecular flexibility index (Phi) is 6.84. The fraction of sp³-hybridized carbons (Fsp3) is 0.381. The number of sulfonamides is 1. The second-order valence-corrected chi connectivity index (χ2v) is 10.4. The molecule has 12 heteroatoms. The maximum Gasteiger partial charge on any atom is 0.246 e. The van der Waals surface area contributed by atoms with Gasteiger partial charge in [-0.2, -0.15) is 4.98 Å². The van der Waals surface area contributed by atoms with Gasteiger partial charge in [0.05, 0.1) is 23.4 Å². The Morgan fingerprint density at radius 3 is 2.70 bits per heavy atom. The molecule has 0 aliphatic carbocycles. The SMILES string of the molecule is CN(Cc1nc(-c2cccs2)no1)C(=O)CCCN(c1ccc2c(c1)OCCO2)S(C)(=O)=O. The number of carbonyl (C=O) groups is 1. The van der Waals surface area contributed by atoms with Gasteiger partial charge in [-0.05, 0) is 30.0 Å². The van der Waals surface area contributed by atoms with Crippen molar-refractivity contribution in [3.05, 3.63) is 41.6 Å². The van der Waals surface area contributed by atoms with Gasteiger partial charge in [0, 0.05) is 26.1 Å². The number of amides is 1. The first kappa shape index (κ1) is 23.1. The van der Waals surface area contributed by atoms with Crippen LogP contribution in [0.1, 0.15) is 18.7 Å². The summed E-state index contributed by atoms with van der Waals surface area (Å²) in [6.07, 6.45) is 1.65. The summed E-state index contributed by atoms with van der Waals surface area (Å²) in [5.41, 5.74) is 0.467. The molecule has 1 aliphatic heterocycles. The van der Waals surface area contributed by atoms with Gasteiger partial charge in [-0.25, -0.2) is 8.42 Å². The van der Waals surface area contributed by atoms with E-state index in [0.29, 0.717) is 48.5 Å². The summed E-state index contributed by atoms with van der Waals surface area (Å²) < 4.78 is 42.3. The number of ether oxygens (including phenoxy) is 2. The van der Waals surface area contributed by atoms with Crippen molar-refractivity contribution in [2.45, 2.75) is 19.4 Å². The highest BCUT2D eigenvalue weighted by Crippen LogP contribution is 2.34. The van der Waals surface area contributed by atoms with E-state index >= 15 is 0 Å². The summed E-state index contributed by atoms with van der Waals surface area (Å²) in [7, 11) is -1.90. The predicted molar refractivity (Wildman–Crippen MR) is 123 cm³/mol. The van der Waals surface area contributed by atoms with E-state index in [4.69, 9.17) is 14.0 Å². The number of hydrogen-bond acceptors (Lipinski definition) is 9. The largest absolute Gasteiger partial charge is 0.486 e. The van der Waals surface area contributed by atoms with Crippen molar-refractivity contribution in [1.82, 2.24) is 15.0 Å². The lowest BCUT2D eigenvalue weighted by Gasteiger charge is -2.25. The number of benzene rings is 1. The zero-order valence-electron chi connectivity index (χ0n) is 18.3. The second-order valence-electron chi connectivity index (χ2n) is 7.51. The van der Waals surface area contributed by atoms with Crippen LogP contribution in [0.3, 0.4) is 0 Å². The van der Waals surface area contributed by atoms with Crippen molar-refractivity contribution in [2.24, 2.45) is 0 Å². The summed E-state index contributed by atoms with van der Waals surface area (Å²) in [5.74, 6) is 1.76. The lowest BCUT2D eigenvalue weighted by molar-refractivity contribution is -0.130. The molecule has 176 valence electrons. The number of anilines is 1. The minimum absolute atomic E-state index is 0.151. The van der Waals surface area contributed by atoms with Crippen molar-refractivity contribution in [1.29, 1.82) is 0 Å². The molecule has 0 unspecified atom stereocenters. The van der Waals surface area contributed by atoms with Gasteiger partial charge in [-0.3, -0.25) is 9.10 Å². The first-order valence-corrected chi connectivity index (χ1v) is 13.0. The Morgan fingerprint density at radius 2 is 1.97 bits per heavy atom. The average Bonchev–Trinajstić information content (AvgIpc) is 3.47. The van der Waals surface area contributed by atoms with Gasteiger partial charge in [-0.15, -0.1) is 11.3 Å². The summed E-state index contributed by atoms with van der Waals surface area (Å²) in [6.45, 7) is 1.19. The fourth-order valence-electron chi connectivity index (χ4n) is 3.35. The lowest BCUT2D eigenvalue weighted by Crippen LogP contribution is -2.32. The van der Waals surface area contributed by atoms with Crippen molar-refractivity contribution in [3.63, 3.8) is 0 Å². The van der Waals surface area contributed by atoms with Crippen LogP contribution in [0.15, 0.2) is 40.2 Å². The molecule has 0 N–H and O–H groups in total. The van der Waals surface area contributed by atoms with Crippen LogP contribution in [0.2, 0.25) is 0 Å². The first-order chi connectivity index (χ1) is 15.8. The summed E-state index contributed by atoms with van der Waals surface area (Å²) in [4.78, 5) is 19.3. The topological polar surface area (TPSA) is 115 Å². The third-order valence-corrected chi connectivity index (χ3v) is 7.03. The molecule has 1 aliphatic rings. The highest BCUT2D eigenvalue weighted by Gasteiger charge is 2.22. The minimum atomic E-state index is -3.55. The van der Waals surface area contributed by atoms with Gasteiger partial charge in [-0.1, -0.05) is 11.2 Å². The number of rotatable bonds is 9. The fourth-order valence-corrected chi connectivity index (χ4v) is 4.96. The zero-order chi connectivity index (χ0) is 23.4. The number of carbonyl (C=O) groups excluding carboxylic acids is 1. The molecule has 1 aromatic carbocycles. The number of hydrogen-bond donors (Lipinski definition) is 0. The summed E-state index contributed by atoms with van der Waals surface area (Å²) >= 11 is 1.50. The second kappa shape index (κ2) is 9.79. The molecular weight excluding hydrogens is 468 g/mol. The standard InChI is InChI=1S/C21H24N4O6S2/c1-24(14-19-22-21(23-31-19)18-5-4-12-32-18)20(26)6-3-9-25(33(2,27)28)15-7-8-16-17(13-15)30-11-10-29-16/h4-5,7-8,12-13H,3,6,9-11,14H2,1-2H3. The Labute approximate surface area is 195 Å². The Hall–Kier alpha value is -3.12. The monoisotopic (exact) mass is 492 g/mol. The van der Waals surface area contributed by atoms with Crippen molar-refractivity contribution >= 4 is 33.0 Å². The van der Waals surface area contributed by atoms with E-state index in [-0.39, 0.29) is 25.4 Å². The first-order valence-electron chi connectivity index (χ1n) is 10.3. The molecule has 0 saturated carbocycles. The Morgan fingerprint density at radius 1 is 1.18 bits per heavy atom. The molecule has 0 spiro atoms. The molecule has 3 heterocycles. The smallest absolute Gasteiger partial charge is 0.246 e. The molecule has 0 bridgehead atoms. The third-order valence-electron chi connectivity index (χ3n) is 4.97. The molecule has 33 heavy (non-hydrogen) atoms. The van der Waals surface area contributed by atoms with Gasteiger partial charge in [0.2, 0.25) is 27.6 Å². The number of fused-ring (bicyclic) bond motifs is 1. The third kappa shape index (κ3) is 5.63. The normalized spacial score (nSPS) is 13.0. The van der Waals surface area contributed by atoms with E-state index in [1.54, 1.807) is 25.2 Å². The van der Waals surface area contributed by atoms with Gasteiger partial charge in [0.1, 0.15) is 13.2 Å². The maximum atomic E-state index is 12.6. The Bertz CT molecular complexity index is 1210. The molecule has 4 rings (SSSR count). The average molecular weight is 493 g/mol.